The Hall–Kier alpha value is -3.61. The average molecular weight is 386 g/mol. The van der Waals surface area contributed by atoms with E-state index >= 15 is 0 Å². The molecule has 2 amide bonds. The van der Waals surface area contributed by atoms with E-state index in [-0.39, 0.29) is 17.4 Å². The van der Waals surface area contributed by atoms with Gasteiger partial charge in [-0.2, -0.15) is 0 Å². The van der Waals surface area contributed by atoms with E-state index in [9.17, 15) is 14.4 Å². The maximum atomic E-state index is 13.0. The van der Waals surface area contributed by atoms with E-state index in [1.54, 1.807) is 53.4 Å². The Kier molecular flexibility index (Phi) is 4.08. The predicted molar refractivity (Wildman–Crippen MR) is 105 cm³/mol. The maximum absolute atomic E-state index is 13.0. The Morgan fingerprint density at radius 3 is 2.28 bits per heavy atom. The molecular formula is C22H18N4O3. The van der Waals surface area contributed by atoms with Crippen molar-refractivity contribution in [2.24, 2.45) is 0 Å². The highest BCUT2D eigenvalue weighted by atomic mass is 16.2. The number of imide groups is 1. The number of pyridine rings is 1. The summed E-state index contributed by atoms with van der Waals surface area (Å²) < 4.78 is 1.60. The van der Waals surface area contributed by atoms with E-state index in [1.165, 1.54) is 11.0 Å². The molecule has 2 aliphatic rings. The van der Waals surface area contributed by atoms with Crippen LogP contribution in [0.4, 0.5) is 0 Å². The van der Waals surface area contributed by atoms with E-state index in [4.69, 9.17) is 4.98 Å². The van der Waals surface area contributed by atoms with Gasteiger partial charge in [-0.05, 0) is 43.5 Å². The molecule has 5 rings (SSSR count). The third-order valence-electron chi connectivity index (χ3n) is 5.56. The number of aromatic nitrogens is 3. The molecule has 7 nitrogen and oxygen atoms in total. The molecule has 0 unspecified atom stereocenters. The minimum Gasteiger partial charge on any atom is -0.295 e. The number of fused-ring (bicyclic) bond motifs is 2. The van der Waals surface area contributed by atoms with Crippen molar-refractivity contribution in [3.63, 3.8) is 0 Å². The SMILES string of the molecule is O=C1c2ccccc2C(=O)N1[C@H]1CCCCn2c1nc(-c1ccncc1)cc2=O. The Balaban J connectivity index is 1.66. The first kappa shape index (κ1) is 17.5. The first-order valence-electron chi connectivity index (χ1n) is 9.64. The lowest BCUT2D eigenvalue weighted by Gasteiger charge is -2.26. The number of benzene rings is 1. The summed E-state index contributed by atoms with van der Waals surface area (Å²) in [6.45, 7) is 0.525. The first-order valence-corrected chi connectivity index (χ1v) is 9.64. The molecule has 0 aliphatic carbocycles. The Morgan fingerprint density at radius 1 is 0.897 bits per heavy atom. The monoisotopic (exact) mass is 386 g/mol. The molecule has 0 radical (unpaired) electrons. The molecule has 0 saturated carbocycles. The van der Waals surface area contributed by atoms with Crippen LogP contribution in [0.15, 0.2) is 59.7 Å². The second-order valence-corrected chi connectivity index (χ2v) is 7.26. The van der Waals surface area contributed by atoms with Gasteiger partial charge in [0.2, 0.25) is 0 Å². The maximum Gasteiger partial charge on any atom is 0.262 e. The summed E-state index contributed by atoms with van der Waals surface area (Å²) in [6.07, 6.45) is 5.45. The molecule has 0 saturated heterocycles. The second kappa shape index (κ2) is 6.77. The standard InChI is InChI=1S/C22H18N4O3/c27-19-13-17(14-8-10-23-11-9-14)24-20-18(7-3-4-12-25(19)20)26-21(28)15-5-1-2-6-16(15)22(26)29/h1-2,5-6,8-11,13,18H,3-4,7,12H2/t18-/m0/s1. The van der Waals surface area contributed by atoms with Gasteiger partial charge in [-0.3, -0.25) is 28.8 Å². The normalized spacial score (nSPS) is 18.3. The predicted octanol–water partition coefficient (Wildman–Crippen LogP) is 2.83. The molecule has 4 heterocycles. The molecule has 3 aromatic rings. The minimum atomic E-state index is -0.570. The van der Waals surface area contributed by atoms with Crippen LogP contribution in [0.1, 0.15) is 51.8 Å². The fourth-order valence-corrected chi connectivity index (χ4v) is 4.15. The Morgan fingerprint density at radius 2 is 1.59 bits per heavy atom. The number of amides is 2. The van der Waals surface area contributed by atoms with Crippen LogP contribution in [-0.4, -0.2) is 31.2 Å². The lowest BCUT2D eigenvalue weighted by Crippen LogP contribution is -2.37. The van der Waals surface area contributed by atoms with Gasteiger partial charge in [0.25, 0.3) is 17.4 Å². The summed E-state index contributed by atoms with van der Waals surface area (Å²) in [7, 11) is 0. The second-order valence-electron chi connectivity index (χ2n) is 7.26. The van der Waals surface area contributed by atoms with Crippen molar-refractivity contribution in [2.75, 3.05) is 0 Å². The number of hydrogen-bond donors (Lipinski definition) is 0. The van der Waals surface area contributed by atoms with Crippen LogP contribution < -0.4 is 5.56 Å². The Labute approximate surface area is 166 Å². The van der Waals surface area contributed by atoms with Crippen LogP contribution in [0.2, 0.25) is 0 Å². The highest BCUT2D eigenvalue weighted by Gasteiger charge is 2.42. The van der Waals surface area contributed by atoms with Crippen molar-refractivity contribution in [3.8, 4) is 11.3 Å². The van der Waals surface area contributed by atoms with Crippen LogP contribution >= 0.6 is 0 Å². The first-order chi connectivity index (χ1) is 14.1. The lowest BCUT2D eigenvalue weighted by atomic mass is 10.1. The van der Waals surface area contributed by atoms with Crippen molar-refractivity contribution < 1.29 is 9.59 Å². The summed E-state index contributed by atoms with van der Waals surface area (Å²) in [5.74, 6) is -0.184. The fourth-order valence-electron chi connectivity index (χ4n) is 4.15. The van der Waals surface area contributed by atoms with Gasteiger partial charge in [0, 0.05) is 30.6 Å². The van der Waals surface area contributed by atoms with Gasteiger partial charge >= 0.3 is 0 Å². The molecule has 0 bridgehead atoms. The molecule has 1 aromatic carbocycles. The molecule has 144 valence electrons. The van der Waals surface area contributed by atoms with Crippen LogP contribution in [0.3, 0.4) is 0 Å². The molecule has 1 atom stereocenters. The van der Waals surface area contributed by atoms with E-state index in [1.807, 2.05) is 0 Å². The molecule has 7 heteroatoms. The third kappa shape index (κ3) is 2.77. The molecule has 29 heavy (non-hydrogen) atoms. The number of carbonyl (C=O) groups excluding carboxylic acids is 2. The van der Waals surface area contributed by atoms with Crippen molar-refractivity contribution in [3.05, 3.63) is 82.2 Å². The van der Waals surface area contributed by atoms with Gasteiger partial charge in [0.15, 0.2) is 0 Å². The molecular weight excluding hydrogens is 368 g/mol. The van der Waals surface area contributed by atoms with Crippen molar-refractivity contribution in [1.29, 1.82) is 0 Å². The van der Waals surface area contributed by atoms with E-state index in [0.29, 0.717) is 35.6 Å². The quantitative estimate of drug-likeness (QED) is 0.632. The topological polar surface area (TPSA) is 85.2 Å². The van der Waals surface area contributed by atoms with Gasteiger partial charge in [0.1, 0.15) is 5.82 Å². The van der Waals surface area contributed by atoms with Crippen molar-refractivity contribution in [1.82, 2.24) is 19.4 Å². The van der Waals surface area contributed by atoms with Gasteiger partial charge in [0.05, 0.1) is 22.9 Å². The number of rotatable bonds is 2. The van der Waals surface area contributed by atoms with Gasteiger partial charge in [-0.15, -0.1) is 0 Å². The minimum absolute atomic E-state index is 0.176. The van der Waals surface area contributed by atoms with E-state index in [0.717, 1.165) is 18.4 Å². The van der Waals surface area contributed by atoms with Crippen LogP contribution in [0.25, 0.3) is 11.3 Å². The van der Waals surface area contributed by atoms with Crippen LogP contribution in [0.5, 0.6) is 0 Å². The summed E-state index contributed by atoms with van der Waals surface area (Å²) in [4.78, 5) is 49.0. The highest BCUT2D eigenvalue weighted by molar-refractivity contribution is 6.21. The number of nitrogens with zero attached hydrogens (tertiary/aromatic N) is 4. The number of carbonyl (C=O) groups is 2. The summed E-state index contributed by atoms with van der Waals surface area (Å²) in [5.41, 5.74) is 1.92. The van der Waals surface area contributed by atoms with Gasteiger partial charge in [-0.25, -0.2) is 4.98 Å². The number of hydrogen-bond acceptors (Lipinski definition) is 5. The molecule has 0 fully saturated rings. The zero-order valence-corrected chi connectivity index (χ0v) is 15.6. The fraction of sp³-hybridized carbons (Fsp3) is 0.227. The van der Waals surface area contributed by atoms with Gasteiger partial charge in [-0.1, -0.05) is 12.1 Å². The smallest absolute Gasteiger partial charge is 0.262 e. The summed E-state index contributed by atoms with van der Waals surface area (Å²) >= 11 is 0. The van der Waals surface area contributed by atoms with Crippen molar-refractivity contribution in [2.45, 2.75) is 31.8 Å². The zero-order chi connectivity index (χ0) is 20.0. The average Bonchev–Trinajstić information content (AvgIpc) is 2.89. The molecule has 0 spiro atoms. The lowest BCUT2D eigenvalue weighted by molar-refractivity contribution is 0.0565. The van der Waals surface area contributed by atoms with Crippen LogP contribution in [-0.2, 0) is 6.54 Å². The van der Waals surface area contributed by atoms with Crippen molar-refractivity contribution >= 4 is 11.8 Å². The highest BCUT2D eigenvalue weighted by Crippen LogP contribution is 2.35. The summed E-state index contributed by atoms with van der Waals surface area (Å²) in [6, 6.07) is 11.3. The largest absolute Gasteiger partial charge is 0.295 e. The Bertz CT molecular complexity index is 1150. The van der Waals surface area contributed by atoms with E-state index < -0.39 is 6.04 Å². The zero-order valence-electron chi connectivity index (χ0n) is 15.6. The molecule has 0 N–H and O–H groups in total. The van der Waals surface area contributed by atoms with Gasteiger partial charge < -0.3 is 0 Å². The third-order valence-corrected chi connectivity index (χ3v) is 5.56. The molecule has 2 aliphatic heterocycles. The van der Waals surface area contributed by atoms with Crippen LogP contribution in [0, 0.1) is 0 Å². The molecule has 2 aromatic heterocycles. The summed E-state index contributed by atoms with van der Waals surface area (Å²) in [5, 5.41) is 0. The van der Waals surface area contributed by atoms with E-state index in [2.05, 4.69) is 4.98 Å².